The molecule has 0 aliphatic heterocycles. The third-order valence-electron chi connectivity index (χ3n) is 3.22. The van der Waals surface area contributed by atoms with Crippen LogP contribution in [-0.4, -0.2) is 42.2 Å². The van der Waals surface area contributed by atoms with E-state index in [1.807, 2.05) is 0 Å². The van der Waals surface area contributed by atoms with Crippen molar-refractivity contribution in [1.82, 2.24) is 5.32 Å². The quantitative estimate of drug-likeness (QED) is 0.551. The summed E-state index contributed by atoms with van der Waals surface area (Å²) in [7, 11) is 0. The van der Waals surface area contributed by atoms with Crippen LogP contribution in [0.3, 0.4) is 0 Å². The van der Waals surface area contributed by atoms with E-state index in [2.05, 4.69) is 11.9 Å². The third kappa shape index (κ3) is 5.24. The molecule has 1 aliphatic rings. The highest BCUT2D eigenvalue weighted by Gasteiger charge is 2.38. The van der Waals surface area contributed by atoms with Crippen molar-refractivity contribution in [3.8, 4) is 0 Å². The first-order valence-corrected chi connectivity index (χ1v) is 6.45. The molecule has 0 spiro atoms. The molecule has 0 saturated heterocycles. The highest BCUT2D eigenvalue weighted by Crippen LogP contribution is 2.36. The van der Waals surface area contributed by atoms with E-state index < -0.39 is 29.8 Å². The molecule has 0 aromatic carbocycles. The molecule has 1 aliphatic carbocycles. The molecule has 1 atom stereocenters. The van der Waals surface area contributed by atoms with Gasteiger partial charge in [-0.2, -0.15) is 0 Å². The molecule has 0 heterocycles. The molecular weight excluding hydrogens is 272 g/mol. The van der Waals surface area contributed by atoms with Gasteiger partial charge in [0.1, 0.15) is 0 Å². The van der Waals surface area contributed by atoms with E-state index >= 15 is 0 Å². The summed E-state index contributed by atoms with van der Waals surface area (Å²) in [6, 6.07) is -1.18. The number of halogens is 2. The lowest BCUT2D eigenvalue weighted by Gasteiger charge is -2.28. The highest BCUT2D eigenvalue weighted by molar-refractivity contribution is 5.85. The van der Waals surface area contributed by atoms with Crippen molar-refractivity contribution < 1.29 is 28.2 Å². The molecule has 114 valence electrons. The lowest BCUT2D eigenvalue weighted by atomic mass is 9.86. The van der Waals surface area contributed by atoms with E-state index in [1.165, 1.54) is 6.08 Å². The molecule has 0 aromatic rings. The van der Waals surface area contributed by atoms with E-state index in [4.69, 9.17) is 9.84 Å². The maximum absolute atomic E-state index is 13.0. The van der Waals surface area contributed by atoms with Gasteiger partial charge in [-0.05, 0) is 12.8 Å². The predicted octanol–water partition coefficient (Wildman–Crippen LogP) is 1.58. The van der Waals surface area contributed by atoms with Gasteiger partial charge in [0.2, 0.25) is 11.8 Å². The first kappa shape index (κ1) is 16.6. The lowest BCUT2D eigenvalue weighted by molar-refractivity contribution is -0.145. The fourth-order valence-electron chi connectivity index (χ4n) is 2.04. The molecule has 0 bridgehead atoms. The standard InChI is InChI=1S/C13H19F2NO4/c1-2-7-20-8-10(12(18)19)16-11(17)9-3-5-13(14,15)6-4-9/h2,9-10H,1,3-8H2,(H,16,17)(H,18,19). The van der Waals surface area contributed by atoms with E-state index in [0.717, 1.165) is 0 Å². The Morgan fingerprint density at radius 1 is 1.45 bits per heavy atom. The van der Waals surface area contributed by atoms with Gasteiger partial charge in [-0.25, -0.2) is 13.6 Å². The molecule has 5 nitrogen and oxygen atoms in total. The fourth-order valence-corrected chi connectivity index (χ4v) is 2.04. The highest BCUT2D eigenvalue weighted by atomic mass is 19.3. The number of nitrogens with one attached hydrogen (secondary N) is 1. The molecule has 1 rings (SSSR count). The molecule has 1 fully saturated rings. The summed E-state index contributed by atoms with van der Waals surface area (Å²) in [6.45, 7) is 3.41. The average Bonchev–Trinajstić information content (AvgIpc) is 2.37. The molecule has 0 radical (unpaired) electrons. The van der Waals surface area contributed by atoms with Gasteiger partial charge in [0, 0.05) is 18.8 Å². The molecule has 1 saturated carbocycles. The molecule has 20 heavy (non-hydrogen) atoms. The number of hydrogen-bond acceptors (Lipinski definition) is 3. The number of aliphatic carboxylic acids is 1. The van der Waals surface area contributed by atoms with Gasteiger partial charge in [0.05, 0.1) is 13.2 Å². The Labute approximate surface area is 116 Å². The number of rotatable bonds is 7. The third-order valence-corrected chi connectivity index (χ3v) is 3.22. The minimum atomic E-state index is -2.71. The van der Waals surface area contributed by atoms with Gasteiger partial charge in [-0.1, -0.05) is 6.08 Å². The van der Waals surface area contributed by atoms with Crippen molar-refractivity contribution in [1.29, 1.82) is 0 Å². The zero-order valence-corrected chi connectivity index (χ0v) is 11.1. The molecule has 0 aromatic heterocycles. The van der Waals surface area contributed by atoms with Gasteiger partial charge in [0.25, 0.3) is 0 Å². The Balaban J connectivity index is 2.45. The minimum absolute atomic E-state index is 0.0681. The fraction of sp³-hybridized carbons (Fsp3) is 0.692. The maximum atomic E-state index is 13.0. The second-order valence-electron chi connectivity index (χ2n) is 4.86. The van der Waals surface area contributed by atoms with Crippen LogP contribution in [0.1, 0.15) is 25.7 Å². The first-order valence-electron chi connectivity index (χ1n) is 6.45. The van der Waals surface area contributed by atoms with Crippen molar-refractivity contribution in [3.05, 3.63) is 12.7 Å². The SMILES string of the molecule is C=CCOCC(NC(=O)C1CCC(F)(F)CC1)C(=O)O. The van der Waals surface area contributed by atoms with Gasteiger partial charge in [-0.15, -0.1) is 6.58 Å². The number of alkyl halides is 2. The number of carboxylic acid groups (broad SMARTS) is 1. The normalized spacial score (nSPS) is 20.1. The van der Waals surface area contributed by atoms with Crippen LogP contribution in [0.2, 0.25) is 0 Å². The van der Waals surface area contributed by atoms with E-state index in [1.54, 1.807) is 0 Å². The summed E-state index contributed by atoms with van der Waals surface area (Å²) in [4.78, 5) is 22.8. The van der Waals surface area contributed by atoms with E-state index in [-0.39, 0.29) is 38.9 Å². The van der Waals surface area contributed by atoms with Crippen LogP contribution in [0.15, 0.2) is 12.7 Å². The second-order valence-corrected chi connectivity index (χ2v) is 4.86. The average molecular weight is 291 g/mol. The zero-order valence-electron chi connectivity index (χ0n) is 11.1. The van der Waals surface area contributed by atoms with Crippen LogP contribution >= 0.6 is 0 Å². The van der Waals surface area contributed by atoms with Crippen molar-refractivity contribution >= 4 is 11.9 Å². The molecule has 1 amide bonds. The van der Waals surface area contributed by atoms with E-state index in [0.29, 0.717) is 0 Å². The summed E-state index contributed by atoms with van der Waals surface area (Å²) in [6.07, 6.45) is 0.924. The summed E-state index contributed by atoms with van der Waals surface area (Å²) in [5.74, 6) is -5.00. The molecule has 1 unspecified atom stereocenters. The second kappa shape index (κ2) is 7.33. The van der Waals surface area contributed by atoms with Crippen LogP contribution < -0.4 is 5.32 Å². The van der Waals surface area contributed by atoms with Gasteiger partial charge in [0.15, 0.2) is 6.04 Å². The van der Waals surface area contributed by atoms with Gasteiger partial charge < -0.3 is 15.2 Å². The minimum Gasteiger partial charge on any atom is -0.480 e. The number of carboxylic acids is 1. The van der Waals surface area contributed by atoms with Crippen LogP contribution in [0.4, 0.5) is 8.78 Å². The van der Waals surface area contributed by atoms with Crippen molar-refractivity contribution in [3.63, 3.8) is 0 Å². The topological polar surface area (TPSA) is 75.6 Å². The predicted molar refractivity (Wildman–Crippen MR) is 67.5 cm³/mol. The number of carbonyl (C=O) groups is 2. The molecular formula is C13H19F2NO4. The summed E-state index contributed by atoms with van der Waals surface area (Å²) in [5, 5.41) is 11.3. The summed E-state index contributed by atoms with van der Waals surface area (Å²) in [5.41, 5.74) is 0. The van der Waals surface area contributed by atoms with Gasteiger partial charge in [-0.3, -0.25) is 4.79 Å². The van der Waals surface area contributed by atoms with Crippen LogP contribution in [-0.2, 0) is 14.3 Å². The molecule has 7 heteroatoms. The zero-order chi connectivity index (χ0) is 15.2. The summed E-state index contributed by atoms with van der Waals surface area (Å²) < 4.78 is 31.0. The van der Waals surface area contributed by atoms with E-state index in [9.17, 15) is 18.4 Å². The lowest BCUT2D eigenvalue weighted by Crippen LogP contribution is -2.47. The van der Waals surface area contributed by atoms with Crippen LogP contribution in [0.25, 0.3) is 0 Å². The van der Waals surface area contributed by atoms with Crippen molar-refractivity contribution in [2.45, 2.75) is 37.6 Å². The number of amides is 1. The van der Waals surface area contributed by atoms with Crippen molar-refractivity contribution in [2.75, 3.05) is 13.2 Å². The smallest absolute Gasteiger partial charge is 0.328 e. The monoisotopic (exact) mass is 291 g/mol. The Morgan fingerprint density at radius 3 is 2.55 bits per heavy atom. The number of hydrogen-bond donors (Lipinski definition) is 2. The van der Waals surface area contributed by atoms with Crippen LogP contribution in [0, 0.1) is 5.92 Å². The Morgan fingerprint density at radius 2 is 2.05 bits per heavy atom. The Hall–Kier alpha value is -1.50. The van der Waals surface area contributed by atoms with Gasteiger partial charge >= 0.3 is 5.97 Å². The van der Waals surface area contributed by atoms with Crippen molar-refractivity contribution in [2.24, 2.45) is 5.92 Å². The number of ether oxygens (including phenoxy) is 1. The van der Waals surface area contributed by atoms with Crippen LogP contribution in [0.5, 0.6) is 0 Å². The first-order chi connectivity index (χ1) is 9.35. The Bertz CT molecular complexity index is 363. The maximum Gasteiger partial charge on any atom is 0.328 e. The largest absolute Gasteiger partial charge is 0.480 e. The molecule has 2 N–H and O–H groups in total. The Kier molecular flexibility index (Phi) is 6.06. The summed E-state index contributed by atoms with van der Waals surface area (Å²) >= 11 is 0. The number of carbonyl (C=O) groups excluding carboxylic acids is 1.